The maximum absolute atomic E-state index is 6.41. The zero-order valence-corrected chi connectivity index (χ0v) is 34.8. The maximum atomic E-state index is 6.41. The Balaban J connectivity index is 0.859. The number of benzene rings is 9. The van der Waals surface area contributed by atoms with E-state index in [2.05, 4.69) is 259 Å². The molecular formula is C60H44N2O. The van der Waals surface area contributed by atoms with E-state index >= 15 is 0 Å². The molecule has 0 aliphatic heterocycles. The van der Waals surface area contributed by atoms with Gasteiger partial charge in [0.25, 0.3) is 0 Å². The van der Waals surface area contributed by atoms with Crippen LogP contribution in [0.5, 0.6) is 0 Å². The van der Waals surface area contributed by atoms with E-state index in [1.54, 1.807) is 0 Å². The smallest absolute Gasteiger partial charge is 0.135 e. The van der Waals surface area contributed by atoms with Crippen molar-refractivity contribution in [2.75, 3.05) is 9.80 Å². The van der Waals surface area contributed by atoms with Crippen molar-refractivity contribution in [2.24, 2.45) is 0 Å². The van der Waals surface area contributed by atoms with Gasteiger partial charge in [0.05, 0.1) is 0 Å². The van der Waals surface area contributed by atoms with E-state index in [4.69, 9.17) is 4.42 Å². The highest BCUT2D eigenvalue weighted by atomic mass is 16.3. The highest BCUT2D eigenvalue weighted by Crippen LogP contribution is 2.40. The Bertz CT molecular complexity index is 3210. The molecule has 9 aromatic carbocycles. The molecule has 0 amide bonds. The van der Waals surface area contributed by atoms with Gasteiger partial charge in [0, 0.05) is 50.8 Å². The van der Waals surface area contributed by atoms with E-state index in [1.165, 1.54) is 33.5 Å². The second-order valence-corrected chi connectivity index (χ2v) is 16.1. The van der Waals surface area contributed by atoms with Crippen molar-refractivity contribution in [3.05, 3.63) is 260 Å². The predicted octanol–water partition coefficient (Wildman–Crippen LogP) is 16.8. The third-order valence-corrected chi connectivity index (χ3v) is 12.2. The molecule has 0 fully saturated rings. The Labute approximate surface area is 368 Å². The topological polar surface area (TPSA) is 19.6 Å². The third kappa shape index (κ3) is 7.62. The molecule has 3 nitrogen and oxygen atoms in total. The summed E-state index contributed by atoms with van der Waals surface area (Å²) < 4.78 is 6.41. The average molecular weight is 809 g/mol. The van der Waals surface area contributed by atoms with Gasteiger partial charge >= 0.3 is 0 Å². The van der Waals surface area contributed by atoms with Crippen molar-refractivity contribution >= 4 is 50.4 Å². The summed E-state index contributed by atoms with van der Waals surface area (Å²) in [6.45, 7) is 0. The highest BCUT2D eigenvalue weighted by Gasteiger charge is 2.20. The van der Waals surface area contributed by atoms with Crippen LogP contribution in [-0.2, 0) is 0 Å². The summed E-state index contributed by atoms with van der Waals surface area (Å²) in [5, 5.41) is 2.27. The summed E-state index contributed by atoms with van der Waals surface area (Å²) >= 11 is 0. The first-order valence-corrected chi connectivity index (χ1v) is 21.7. The number of para-hydroxylation sites is 2. The van der Waals surface area contributed by atoms with Crippen molar-refractivity contribution in [1.82, 2.24) is 0 Å². The van der Waals surface area contributed by atoms with Crippen molar-refractivity contribution in [3.8, 4) is 33.4 Å². The Morgan fingerprint density at radius 3 is 1.25 bits per heavy atom. The summed E-state index contributed by atoms with van der Waals surface area (Å²) in [6, 6.07) is 82.2. The second-order valence-electron chi connectivity index (χ2n) is 16.1. The van der Waals surface area contributed by atoms with Crippen molar-refractivity contribution in [3.63, 3.8) is 0 Å². The fraction of sp³-hybridized carbons (Fsp3) is 0.0333. The van der Waals surface area contributed by atoms with Crippen LogP contribution in [-0.4, -0.2) is 0 Å². The first-order valence-electron chi connectivity index (χ1n) is 21.7. The van der Waals surface area contributed by atoms with Crippen LogP contribution in [0.25, 0.3) is 55.3 Å². The molecule has 300 valence electrons. The van der Waals surface area contributed by atoms with Gasteiger partial charge in [-0.25, -0.2) is 0 Å². The molecular weight excluding hydrogens is 765 g/mol. The van der Waals surface area contributed by atoms with E-state index < -0.39 is 0 Å². The molecule has 0 radical (unpaired) electrons. The van der Waals surface area contributed by atoms with E-state index in [-0.39, 0.29) is 5.92 Å². The average Bonchev–Trinajstić information content (AvgIpc) is 3.74. The van der Waals surface area contributed by atoms with Crippen LogP contribution >= 0.6 is 0 Å². The van der Waals surface area contributed by atoms with Crippen LogP contribution < -0.4 is 9.80 Å². The summed E-state index contributed by atoms with van der Waals surface area (Å²) in [4.78, 5) is 4.66. The fourth-order valence-corrected chi connectivity index (χ4v) is 8.95. The minimum absolute atomic E-state index is 0.249. The number of furan rings is 1. The second kappa shape index (κ2) is 16.7. The normalized spacial score (nSPS) is 13.5. The molecule has 1 aliphatic rings. The Hall–Kier alpha value is -8.14. The lowest BCUT2D eigenvalue weighted by atomic mass is 9.90. The number of rotatable bonds is 10. The predicted molar refractivity (Wildman–Crippen MR) is 264 cm³/mol. The van der Waals surface area contributed by atoms with Crippen molar-refractivity contribution in [2.45, 2.75) is 12.3 Å². The van der Waals surface area contributed by atoms with Crippen LogP contribution in [0.1, 0.15) is 17.9 Å². The quantitative estimate of drug-likeness (QED) is 0.137. The molecule has 1 heterocycles. The molecule has 3 heteroatoms. The molecule has 1 unspecified atom stereocenters. The van der Waals surface area contributed by atoms with Gasteiger partial charge in [0.15, 0.2) is 0 Å². The summed E-state index contributed by atoms with van der Waals surface area (Å²) in [6.07, 6.45) is 7.91. The SMILES string of the molecule is C1=CC(c2ccc3oc4ccc(-c5ccc(N(c6ccccc6)c6ccc(-c7ccccc7)cc6)cc5)cc4c3c2)CC=C1N(c1ccccc1)c1ccc(-c2ccccc2)cc1. The van der Waals surface area contributed by atoms with Gasteiger partial charge in [0.1, 0.15) is 11.2 Å². The van der Waals surface area contributed by atoms with Crippen LogP contribution in [0.4, 0.5) is 28.4 Å². The molecule has 1 aliphatic carbocycles. The number of fused-ring (bicyclic) bond motifs is 3. The lowest BCUT2D eigenvalue weighted by Gasteiger charge is -2.29. The third-order valence-electron chi connectivity index (χ3n) is 12.2. The lowest BCUT2D eigenvalue weighted by molar-refractivity contribution is 0.668. The van der Waals surface area contributed by atoms with Crippen LogP contribution in [0.15, 0.2) is 259 Å². The van der Waals surface area contributed by atoms with Gasteiger partial charge in [-0.05, 0) is 136 Å². The van der Waals surface area contributed by atoms with Crippen LogP contribution in [0.2, 0.25) is 0 Å². The molecule has 1 atom stereocenters. The van der Waals surface area contributed by atoms with Gasteiger partial charge in [0.2, 0.25) is 0 Å². The van der Waals surface area contributed by atoms with E-state index in [0.717, 1.165) is 67.9 Å². The number of allylic oxidation sites excluding steroid dienone is 3. The lowest BCUT2D eigenvalue weighted by Crippen LogP contribution is -2.17. The van der Waals surface area contributed by atoms with Gasteiger partial charge in [-0.2, -0.15) is 0 Å². The fourth-order valence-electron chi connectivity index (χ4n) is 8.95. The summed E-state index contributed by atoms with van der Waals surface area (Å²) in [7, 11) is 0. The van der Waals surface area contributed by atoms with Crippen molar-refractivity contribution < 1.29 is 4.42 Å². The zero-order chi connectivity index (χ0) is 42.0. The number of anilines is 5. The Morgan fingerprint density at radius 2 is 0.746 bits per heavy atom. The Kier molecular flexibility index (Phi) is 10.0. The van der Waals surface area contributed by atoms with Gasteiger partial charge in [-0.1, -0.05) is 158 Å². The molecule has 0 N–H and O–H groups in total. The number of nitrogens with zero attached hydrogens (tertiary/aromatic N) is 2. The molecule has 11 rings (SSSR count). The molecule has 1 aromatic heterocycles. The molecule has 0 bridgehead atoms. The first-order chi connectivity index (χ1) is 31.2. The highest BCUT2D eigenvalue weighted by molar-refractivity contribution is 6.06. The molecule has 10 aromatic rings. The minimum Gasteiger partial charge on any atom is -0.456 e. The minimum atomic E-state index is 0.249. The summed E-state index contributed by atoms with van der Waals surface area (Å²) in [5.41, 5.74) is 17.0. The largest absolute Gasteiger partial charge is 0.456 e. The summed E-state index contributed by atoms with van der Waals surface area (Å²) in [5.74, 6) is 0.249. The van der Waals surface area contributed by atoms with Crippen LogP contribution in [0, 0.1) is 0 Å². The van der Waals surface area contributed by atoms with E-state index in [0.29, 0.717) is 0 Å². The number of hydrogen-bond donors (Lipinski definition) is 0. The standard InChI is InChI=1S/C60H44N2O/c1-5-13-43(14-6-1)45-21-31-53(32-22-45)61(51-17-9-3-10-18-51)55-35-25-47(26-36-55)49-29-39-59-57(41-49)58-42-50(30-40-60(58)63-59)48-27-37-56(38-28-48)62(52-19-11-4-12-20-52)54-33-23-46(24-34-54)44-15-7-2-8-16-44/h1-27,29-42,48H,28H2. The first kappa shape index (κ1) is 37.8. The monoisotopic (exact) mass is 808 g/mol. The van der Waals surface area contributed by atoms with Crippen LogP contribution in [0.3, 0.4) is 0 Å². The van der Waals surface area contributed by atoms with E-state index in [1.807, 2.05) is 0 Å². The zero-order valence-electron chi connectivity index (χ0n) is 34.8. The molecule has 63 heavy (non-hydrogen) atoms. The van der Waals surface area contributed by atoms with Gasteiger partial charge in [-0.15, -0.1) is 0 Å². The molecule has 0 spiro atoms. The van der Waals surface area contributed by atoms with E-state index in [9.17, 15) is 0 Å². The number of hydrogen-bond acceptors (Lipinski definition) is 3. The van der Waals surface area contributed by atoms with Gasteiger partial charge < -0.3 is 14.2 Å². The van der Waals surface area contributed by atoms with Gasteiger partial charge in [-0.3, -0.25) is 0 Å². The molecule has 0 saturated heterocycles. The Morgan fingerprint density at radius 1 is 0.349 bits per heavy atom. The maximum Gasteiger partial charge on any atom is 0.135 e. The van der Waals surface area contributed by atoms with Crippen molar-refractivity contribution in [1.29, 1.82) is 0 Å². The molecule has 0 saturated carbocycles.